The molecule has 0 spiro atoms. The van der Waals surface area contributed by atoms with Crippen LogP contribution in [0.5, 0.6) is 5.88 Å². The first kappa shape index (κ1) is 19.0. The van der Waals surface area contributed by atoms with Crippen LogP contribution >= 0.6 is 11.6 Å². The third-order valence-electron chi connectivity index (χ3n) is 4.90. The Morgan fingerprint density at radius 1 is 1.21 bits per heavy atom. The minimum Gasteiger partial charge on any atom is -0.422 e. The summed E-state index contributed by atoms with van der Waals surface area (Å²) >= 11 is 6.37. The number of allylic oxidation sites excluding steroid dienone is 1. The molecule has 0 unspecified atom stereocenters. The summed E-state index contributed by atoms with van der Waals surface area (Å²) in [5.41, 5.74) is 8.52. The van der Waals surface area contributed by atoms with Crippen LogP contribution in [0, 0.1) is 17.1 Å². The summed E-state index contributed by atoms with van der Waals surface area (Å²) < 4.78 is 22.4. The minimum absolute atomic E-state index is 0.0792. The maximum Gasteiger partial charge on any atom is 0.229 e. The van der Waals surface area contributed by atoms with Crippen LogP contribution in [-0.4, -0.2) is 9.78 Å². The molecule has 0 fully saturated rings. The van der Waals surface area contributed by atoms with Gasteiger partial charge in [-0.25, -0.2) is 9.07 Å². The Kier molecular flexibility index (Phi) is 4.99. The Hall–Kier alpha value is -3.30. The van der Waals surface area contributed by atoms with Crippen molar-refractivity contribution in [3.63, 3.8) is 0 Å². The standard InChI is InChI=1S/C22H18ClFN4O/c1-2-7-17-20-18(19-15(23)10-6-11-16(19)24)14(12-25)21(26)29-22(20)28(27-17)13-8-4-3-5-9-13/h3-6,8-11,18H,2,7,26H2,1H3/t18-/m0/s1. The summed E-state index contributed by atoms with van der Waals surface area (Å²) in [5, 5.41) is 14.7. The average molecular weight is 409 g/mol. The highest BCUT2D eigenvalue weighted by Gasteiger charge is 2.39. The van der Waals surface area contributed by atoms with Gasteiger partial charge >= 0.3 is 0 Å². The Bertz CT molecular complexity index is 1130. The summed E-state index contributed by atoms with van der Waals surface area (Å²) in [6, 6.07) is 16.0. The van der Waals surface area contributed by atoms with Crippen molar-refractivity contribution in [2.75, 3.05) is 0 Å². The highest BCUT2D eigenvalue weighted by molar-refractivity contribution is 6.31. The van der Waals surface area contributed by atoms with Crippen molar-refractivity contribution in [1.29, 1.82) is 5.26 Å². The first-order chi connectivity index (χ1) is 14.1. The fraction of sp³-hybridized carbons (Fsp3) is 0.182. The number of aromatic nitrogens is 2. The molecule has 0 saturated heterocycles. The van der Waals surface area contributed by atoms with E-state index in [0.29, 0.717) is 17.9 Å². The molecule has 0 bridgehead atoms. The van der Waals surface area contributed by atoms with Gasteiger partial charge in [0, 0.05) is 10.6 Å². The summed E-state index contributed by atoms with van der Waals surface area (Å²) in [6.07, 6.45) is 1.45. The summed E-state index contributed by atoms with van der Waals surface area (Å²) in [6.45, 7) is 2.03. The van der Waals surface area contributed by atoms with Gasteiger partial charge < -0.3 is 10.5 Å². The molecule has 29 heavy (non-hydrogen) atoms. The van der Waals surface area contributed by atoms with E-state index in [0.717, 1.165) is 17.8 Å². The van der Waals surface area contributed by atoms with Crippen LogP contribution in [0.1, 0.15) is 36.1 Å². The molecule has 1 atom stereocenters. The van der Waals surface area contributed by atoms with E-state index in [4.69, 9.17) is 27.2 Å². The van der Waals surface area contributed by atoms with Gasteiger partial charge in [0.2, 0.25) is 11.8 Å². The number of hydrogen-bond donors (Lipinski definition) is 1. The van der Waals surface area contributed by atoms with E-state index in [1.807, 2.05) is 37.3 Å². The smallest absolute Gasteiger partial charge is 0.229 e. The SMILES string of the molecule is CCCc1nn(-c2ccccc2)c2c1[C@H](c1c(F)cccc1Cl)C(C#N)=C(N)O2. The van der Waals surface area contributed by atoms with Crippen LogP contribution in [0.25, 0.3) is 5.69 Å². The largest absolute Gasteiger partial charge is 0.422 e. The van der Waals surface area contributed by atoms with E-state index in [1.165, 1.54) is 12.1 Å². The molecular weight excluding hydrogens is 391 g/mol. The number of fused-ring (bicyclic) bond motifs is 1. The van der Waals surface area contributed by atoms with Gasteiger partial charge in [0.25, 0.3) is 0 Å². The van der Waals surface area contributed by atoms with Gasteiger partial charge in [0.1, 0.15) is 17.5 Å². The van der Waals surface area contributed by atoms with Crippen molar-refractivity contribution in [2.24, 2.45) is 5.73 Å². The fourth-order valence-electron chi connectivity index (χ4n) is 3.65. The Balaban J connectivity index is 2.04. The van der Waals surface area contributed by atoms with Crippen molar-refractivity contribution in [3.05, 3.63) is 87.6 Å². The molecule has 7 heteroatoms. The number of hydrogen-bond acceptors (Lipinski definition) is 4. The predicted octanol–water partition coefficient (Wildman–Crippen LogP) is 4.84. The van der Waals surface area contributed by atoms with Gasteiger partial charge in [-0.3, -0.25) is 0 Å². The van der Waals surface area contributed by atoms with Crippen LogP contribution in [0.3, 0.4) is 0 Å². The average Bonchev–Trinajstić information content (AvgIpc) is 3.06. The molecule has 2 N–H and O–H groups in total. The molecule has 5 nitrogen and oxygen atoms in total. The number of nitrogens with two attached hydrogens (primary N) is 1. The lowest BCUT2D eigenvalue weighted by Crippen LogP contribution is -2.23. The number of ether oxygens (including phenoxy) is 1. The number of nitriles is 1. The summed E-state index contributed by atoms with van der Waals surface area (Å²) in [4.78, 5) is 0. The lowest BCUT2D eigenvalue weighted by molar-refractivity contribution is 0.366. The zero-order valence-electron chi connectivity index (χ0n) is 15.7. The molecule has 2 aromatic carbocycles. The lowest BCUT2D eigenvalue weighted by atomic mass is 9.83. The molecule has 3 aromatic rings. The number of nitrogens with zero attached hydrogens (tertiary/aromatic N) is 3. The van der Waals surface area contributed by atoms with Crippen molar-refractivity contribution >= 4 is 11.6 Å². The van der Waals surface area contributed by atoms with Gasteiger partial charge in [-0.05, 0) is 30.7 Å². The quantitative estimate of drug-likeness (QED) is 0.670. The molecule has 0 aliphatic carbocycles. The normalized spacial score (nSPS) is 15.6. The maximum absolute atomic E-state index is 14.9. The number of halogens is 2. The zero-order chi connectivity index (χ0) is 20.5. The lowest BCUT2D eigenvalue weighted by Gasteiger charge is -2.26. The molecule has 1 aliphatic rings. The van der Waals surface area contributed by atoms with Gasteiger partial charge in [-0.1, -0.05) is 49.2 Å². The fourth-order valence-corrected chi connectivity index (χ4v) is 3.92. The van der Waals surface area contributed by atoms with Crippen LogP contribution in [-0.2, 0) is 6.42 Å². The molecule has 1 aliphatic heterocycles. The van der Waals surface area contributed by atoms with Crippen LogP contribution < -0.4 is 10.5 Å². The zero-order valence-corrected chi connectivity index (χ0v) is 16.4. The van der Waals surface area contributed by atoms with Crippen LogP contribution in [0.4, 0.5) is 4.39 Å². The third kappa shape index (κ3) is 3.14. The Labute approximate surface area is 172 Å². The van der Waals surface area contributed by atoms with Crippen LogP contribution in [0.2, 0.25) is 5.02 Å². The molecule has 146 valence electrons. The van der Waals surface area contributed by atoms with Crippen LogP contribution in [0.15, 0.2) is 60.0 Å². The molecular formula is C22H18ClFN4O. The van der Waals surface area contributed by atoms with E-state index in [2.05, 4.69) is 6.07 Å². The van der Waals surface area contributed by atoms with E-state index >= 15 is 0 Å². The second-order valence-electron chi connectivity index (χ2n) is 6.72. The first-order valence-corrected chi connectivity index (χ1v) is 9.63. The molecule has 4 rings (SSSR count). The number of benzene rings is 2. The molecule has 2 heterocycles. The second-order valence-corrected chi connectivity index (χ2v) is 7.13. The van der Waals surface area contributed by atoms with Crippen molar-refractivity contribution < 1.29 is 9.13 Å². The Morgan fingerprint density at radius 2 is 1.97 bits per heavy atom. The topological polar surface area (TPSA) is 76.9 Å². The van der Waals surface area contributed by atoms with E-state index in [-0.39, 0.29) is 22.0 Å². The van der Waals surface area contributed by atoms with E-state index in [9.17, 15) is 9.65 Å². The van der Waals surface area contributed by atoms with Gasteiger partial charge in [-0.2, -0.15) is 10.4 Å². The van der Waals surface area contributed by atoms with Crippen molar-refractivity contribution in [1.82, 2.24) is 9.78 Å². The Morgan fingerprint density at radius 3 is 2.62 bits per heavy atom. The van der Waals surface area contributed by atoms with Gasteiger partial charge in [0.05, 0.1) is 22.9 Å². The highest BCUT2D eigenvalue weighted by atomic mass is 35.5. The first-order valence-electron chi connectivity index (χ1n) is 9.25. The number of rotatable bonds is 4. The van der Waals surface area contributed by atoms with E-state index in [1.54, 1.807) is 10.7 Å². The molecule has 0 saturated carbocycles. The van der Waals surface area contributed by atoms with Crippen molar-refractivity contribution in [3.8, 4) is 17.6 Å². The summed E-state index contributed by atoms with van der Waals surface area (Å²) in [5.74, 6) is -1.01. The molecule has 0 radical (unpaired) electrons. The predicted molar refractivity (Wildman–Crippen MR) is 108 cm³/mol. The molecule has 1 aromatic heterocycles. The second kappa shape index (κ2) is 7.61. The summed E-state index contributed by atoms with van der Waals surface area (Å²) in [7, 11) is 0. The molecule has 0 amide bonds. The highest BCUT2D eigenvalue weighted by Crippen LogP contribution is 2.47. The van der Waals surface area contributed by atoms with Gasteiger partial charge in [0.15, 0.2) is 0 Å². The number of para-hydroxylation sites is 1. The van der Waals surface area contributed by atoms with Gasteiger partial charge in [-0.15, -0.1) is 0 Å². The third-order valence-corrected chi connectivity index (χ3v) is 5.23. The monoisotopic (exact) mass is 408 g/mol. The minimum atomic E-state index is -0.795. The van der Waals surface area contributed by atoms with Crippen molar-refractivity contribution in [2.45, 2.75) is 25.7 Å². The number of aryl methyl sites for hydroxylation is 1. The van der Waals surface area contributed by atoms with E-state index < -0.39 is 11.7 Å². The maximum atomic E-state index is 14.9.